The van der Waals surface area contributed by atoms with E-state index in [9.17, 15) is 0 Å². The first-order valence-corrected chi connectivity index (χ1v) is 10.3. The Labute approximate surface area is 166 Å². The first-order valence-electron chi connectivity index (χ1n) is 10.3. The van der Waals surface area contributed by atoms with E-state index in [1.54, 1.807) is 0 Å². The molecule has 0 saturated carbocycles. The second-order valence-electron chi connectivity index (χ2n) is 7.74. The average molecular weight is 364 g/mol. The Morgan fingerprint density at radius 2 is 1.50 bits per heavy atom. The zero-order valence-electron chi connectivity index (χ0n) is 16.6. The van der Waals surface area contributed by atoms with E-state index < -0.39 is 0 Å². The molecule has 0 radical (unpaired) electrons. The lowest BCUT2D eigenvalue weighted by Crippen LogP contribution is -1.93. The van der Waals surface area contributed by atoms with Gasteiger partial charge in [-0.2, -0.15) is 0 Å². The van der Waals surface area contributed by atoms with Gasteiger partial charge in [0, 0.05) is 10.9 Å². The number of pyridine rings is 1. The molecule has 0 spiro atoms. The fraction of sp³-hybridized carbons (Fsp3) is 0.185. The van der Waals surface area contributed by atoms with E-state index in [1.807, 2.05) is 0 Å². The fourth-order valence-electron chi connectivity index (χ4n) is 4.46. The SMILES string of the molecule is CCCCc1ccc(-c2cc3ccccc3n3c2c(C)c2ccccc23)cc1. The Bertz CT molecular complexity index is 1290. The van der Waals surface area contributed by atoms with E-state index in [2.05, 4.69) is 97.1 Å². The zero-order valence-corrected chi connectivity index (χ0v) is 16.6. The number of hydrogen-bond donors (Lipinski definition) is 0. The summed E-state index contributed by atoms with van der Waals surface area (Å²) in [5.41, 5.74) is 9.27. The molecule has 1 heteroatoms. The quantitative estimate of drug-likeness (QED) is 0.310. The van der Waals surface area contributed by atoms with Gasteiger partial charge in [0.05, 0.1) is 16.6 Å². The van der Waals surface area contributed by atoms with Crippen molar-refractivity contribution in [1.29, 1.82) is 0 Å². The number of unbranched alkanes of at least 4 members (excludes halogenated alkanes) is 1. The molecule has 0 unspecified atom stereocenters. The highest BCUT2D eigenvalue weighted by atomic mass is 14.9. The van der Waals surface area contributed by atoms with E-state index >= 15 is 0 Å². The Morgan fingerprint density at radius 1 is 0.786 bits per heavy atom. The molecule has 0 fully saturated rings. The van der Waals surface area contributed by atoms with Crippen LogP contribution >= 0.6 is 0 Å². The monoisotopic (exact) mass is 363 g/mol. The van der Waals surface area contributed by atoms with Crippen LogP contribution < -0.4 is 0 Å². The molecule has 2 heterocycles. The normalized spacial score (nSPS) is 11.6. The van der Waals surface area contributed by atoms with Crippen LogP contribution in [0.3, 0.4) is 0 Å². The third-order valence-electron chi connectivity index (χ3n) is 5.94. The van der Waals surface area contributed by atoms with Crippen molar-refractivity contribution in [2.75, 3.05) is 0 Å². The Morgan fingerprint density at radius 3 is 2.29 bits per heavy atom. The van der Waals surface area contributed by atoms with E-state index in [0.29, 0.717) is 0 Å². The van der Waals surface area contributed by atoms with Gasteiger partial charge in [-0.3, -0.25) is 0 Å². The van der Waals surface area contributed by atoms with Crippen LogP contribution in [-0.2, 0) is 6.42 Å². The number of rotatable bonds is 4. The van der Waals surface area contributed by atoms with Gasteiger partial charge in [0.15, 0.2) is 0 Å². The molecule has 1 nitrogen and oxygen atoms in total. The number of hydrogen-bond acceptors (Lipinski definition) is 0. The number of aryl methyl sites for hydroxylation is 2. The molecule has 0 bridgehead atoms. The van der Waals surface area contributed by atoms with Crippen molar-refractivity contribution >= 4 is 27.3 Å². The molecule has 0 aliphatic heterocycles. The lowest BCUT2D eigenvalue weighted by molar-refractivity contribution is 0.795. The van der Waals surface area contributed by atoms with Crippen molar-refractivity contribution in [3.05, 3.63) is 90.0 Å². The van der Waals surface area contributed by atoms with Gasteiger partial charge in [0.25, 0.3) is 0 Å². The van der Waals surface area contributed by atoms with Gasteiger partial charge in [0.1, 0.15) is 0 Å². The summed E-state index contributed by atoms with van der Waals surface area (Å²) in [5, 5.41) is 2.61. The van der Waals surface area contributed by atoms with Crippen LogP contribution in [0.4, 0.5) is 0 Å². The topological polar surface area (TPSA) is 4.41 Å². The molecule has 0 amide bonds. The van der Waals surface area contributed by atoms with Gasteiger partial charge in [-0.1, -0.05) is 74.0 Å². The predicted octanol–water partition coefficient (Wildman–Crippen LogP) is 7.56. The number of nitrogens with zero attached hydrogens (tertiary/aromatic N) is 1. The van der Waals surface area contributed by atoms with Crippen molar-refractivity contribution in [3.8, 4) is 11.1 Å². The summed E-state index contributed by atoms with van der Waals surface area (Å²) >= 11 is 0. The Balaban J connectivity index is 1.83. The Hall–Kier alpha value is -3.06. The van der Waals surface area contributed by atoms with Gasteiger partial charge < -0.3 is 4.40 Å². The average Bonchev–Trinajstić information content (AvgIpc) is 3.05. The van der Waals surface area contributed by atoms with Gasteiger partial charge in [-0.05, 0) is 60.0 Å². The highest BCUT2D eigenvalue weighted by molar-refractivity contribution is 6.04. The van der Waals surface area contributed by atoms with Crippen molar-refractivity contribution in [1.82, 2.24) is 4.40 Å². The number of para-hydroxylation sites is 2. The molecule has 5 aromatic rings. The molecular weight excluding hydrogens is 338 g/mol. The van der Waals surface area contributed by atoms with E-state index in [1.165, 1.54) is 62.4 Å². The molecule has 0 saturated heterocycles. The summed E-state index contributed by atoms with van der Waals surface area (Å²) in [6.07, 6.45) is 3.66. The van der Waals surface area contributed by atoms with E-state index in [-0.39, 0.29) is 0 Å². The smallest absolute Gasteiger partial charge is 0.0576 e. The van der Waals surface area contributed by atoms with Gasteiger partial charge >= 0.3 is 0 Å². The van der Waals surface area contributed by atoms with Crippen LogP contribution in [0.2, 0.25) is 0 Å². The largest absolute Gasteiger partial charge is 0.308 e. The number of benzene rings is 3. The summed E-state index contributed by atoms with van der Waals surface area (Å²) in [6, 6.07) is 29.0. The third kappa shape index (κ3) is 2.62. The third-order valence-corrected chi connectivity index (χ3v) is 5.94. The summed E-state index contributed by atoms with van der Waals surface area (Å²) in [5.74, 6) is 0. The maximum Gasteiger partial charge on any atom is 0.0576 e. The van der Waals surface area contributed by atoms with Crippen molar-refractivity contribution in [2.45, 2.75) is 33.1 Å². The van der Waals surface area contributed by atoms with Crippen LogP contribution in [0.15, 0.2) is 78.9 Å². The number of aromatic nitrogens is 1. The molecule has 0 N–H and O–H groups in total. The highest BCUT2D eigenvalue weighted by Gasteiger charge is 2.15. The molecule has 5 rings (SSSR count). The molecule has 2 aromatic heterocycles. The molecule has 0 aliphatic carbocycles. The van der Waals surface area contributed by atoms with Crippen LogP contribution in [0, 0.1) is 6.92 Å². The zero-order chi connectivity index (χ0) is 19.1. The van der Waals surface area contributed by atoms with E-state index in [4.69, 9.17) is 0 Å². The molecule has 0 aliphatic rings. The molecule has 0 atom stereocenters. The highest BCUT2D eigenvalue weighted by Crippen LogP contribution is 2.37. The van der Waals surface area contributed by atoms with Crippen molar-refractivity contribution < 1.29 is 0 Å². The molecule has 138 valence electrons. The summed E-state index contributed by atoms with van der Waals surface area (Å²) in [7, 11) is 0. The lowest BCUT2D eigenvalue weighted by Gasteiger charge is -2.12. The first-order chi connectivity index (χ1) is 13.8. The molecule has 28 heavy (non-hydrogen) atoms. The van der Waals surface area contributed by atoms with Crippen LogP contribution in [-0.4, -0.2) is 4.40 Å². The maximum absolute atomic E-state index is 2.44. The summed E-state index contributed by atoms with van der Waals surface area (Å²) < 4.78 is 2.44. The minimum Gasteiger partial charge on any atom is -0.308 e. The standard InChI is InChI=1S/C27H25N/c1-3-4-9-20-14-16-21(17-15-20)24-18-22-10-5-7-12-25(22)28-26-13-8-6-11-23(26)19(2)27(24)28/h5-8,10-18H,3-4,9H2,1-2H3. The van der Waals surface area contributed by atoms with Gasteiger partial charge in [0.2, 0.25) is 0 Å². The minimum absolute atomic E-state index is 1.16. The predicted molar refractivity (Wildman–Crippen MR) is 121 cm³/mol. The second kappa shape index (κ2) is 6.83. The molecule has 3 aromatic carbocycles. The summed E-state index contributed by atoms with van der Waals surface area (Å²) in [6.45, 7) is 4.51. The van der Waals surface area contributed by atoms with Gasteiger partial charge in [-0.25, -0.2) is 0 Å². The van der Waals surface area contributed by atoms with Crippen LogP contribution in [0.1, 0.15) is 30.9 Å². The first kappa shape index (κ1) is 17.1. The minimum atomic E-state index is 1.16. The maximum atomic E-state index is 2.44. The molecular formula is C27H25N. The lowest BCUT2D eigenvalue weighted by atomic mass is 9.98. The van der Waals surface area contributed by atoms with Gasteiger partial charge in [-0.15, -0.1) is 0 Å². The number of fused-ring (bicyclic) bond motifs is 5. The summed E-state index contributed by atoms with van der Waals surface area (Å²) in [4.78, 5) is 0. The second-order valence-corrected chi connectivity index (χ2v) is 7.74. The van der Waals surface area contributed by atoms with Crippen molar-refractivity contribution in [2.24, 2.45) is 0 Å². The fourth-order valence-corrected chi connectivity index (χ4v) is 4.46. The Kier molecular flexibility index (Phi) is 4.16. The van der Waals surface area contributed by atoms with Crippen LogP contribution in [0.5, 0.6) is 0 Å². The van der Waals surface area contributed by atoms with Crippen LogP contribution in [0.25, 0.3) is 38.4 Å². The van der Waals surface area contributed by atoms with Crippen molar-refractivity contribution in [3.63, 3.8) is 0 Å². The van der Waals surface area contributed by atoms with E-state index in [0.717, 1.165) is 6.42 Å².